The highest BCUT2D eigenvalue weighted by Crippen LogP contribution is 2.36. The zero-order valence-corrected chi connectivity index (χ0v) is 19.3. The highest BCUT2D eigenvalue weighted by molar-refractivity contribution is 7.15. The van der Waals surface area contributed by atoms with Gasteiger partial charge in [-0.15, -0.1) is 11.3 Å². The van der Waals surface area contributed by atoms with Crippen LogP contribution in [-0.2, 0) is 31.8 Å². The van der Waals surface area contributed by atoms with E-state index in [1.165, 1.54) is 16.0 Å². The van der Waals surface area contributed by atoms with Crippen LogP contribution in [0.3, 0.4) is 0 Å². The molecule has 0 aliphatic carbocycles. The number of aryl methyl sites for hydroxylation is 1. The largest absolute Gasteiger partial charge is 0.488 e. The third-order valence-electron chi connectivity index (χ3n) is 6.02. The van der Waals surface area contributed by atoms with Crippen LogP contribution in [0.5, 0.6) is 5.75 Å². The van der Waals surface area contributed by atoms with Gasteiger partial charge in [0.15, 0.2) is 0 Å². The molecule has 0 saturated heterocycles. The third-order valence-corrected chi connectivity index (χ3v) is 7.11. The summed E-state index contributed by atoms with van der Waals surface area (Å²) < 4.78 is 5.92. The minimum Gasteiger partial charge on any atom is -0.488 e. The molecule has 0 radical (unpaired) electrons. The minimum absolute atomic E-state index is 0.100. The predicted octanol–water partition coefficient (Wildman–Crippen LogP) is 5.55. The van der Waals surface area contributed by atoms with Gasteiger partial charge in [0.25, 0.3) is 0 Å². The van der Waals surface area contributed by atoms with Gasteiger partial charge in [0, 0.05) is 9.75 Å². The first-order chi connectivity index (χ1) is 15.0. The summed E-state index contributed by atoms with van der Waals surface area (Å²) in [4.78, 5) is 2.29. The summed E-state index contributed by atoms with van der Waals surface area (Å²) in [5.41, 5.74) is 4.05. The van der Waals surface area contributed by atoms with Crippen molar-refractivity contribution in [3.8, 4) is 16.2 Å². The Balaban J connectivity index is 1.77. The molecule has 0 aliphatic rings. The van der Waals surface area contributed by atoms with E-state index in [0.29, 0.717) is 36.3 Å². The fraction of sp³-hybridized carbons (Fsp3) is 0.385. The highest BCUT2D eigenvalue weighted by atomic mass is 32.1. The number of ether oxygens (including phenoxy) is 1. The van der Waals surface area contributed by atoms with E-state index in [1.54, 1.807) is 23.5 Å². The van der Waals surface area contributed by atoms with E-state index in [-0.39, 0.29) is 13.2 Å². The van der Waals surface area contributed by atoms with Gasteiger partial charge in [-0.05, 0) is 71.3 Å². The maximum atomic E-state index is 10.9. The molecule has 0 atom stereocenters. The second-order valence-corrected chi connectivity index (χ2v) is 8.93. The summed E-state index contributed by atoms with van der Waals surface area (Å²) in [7, 11) is 0. The average Bonchev–Trinajstić information content (AvgIpc) is 3.30. The van der Waals surface area contributed by atoms with E-state index in [9.17, 15) is 15.3 Å². The topological polar surface area (TPSA) is 69.9 Å². The molecule has 0 aliphatic heterocycles. The number of aliphatic hydroxyl groups excluding tert-OH is 2. The van der Waals surface area contributed by atoms with Crippen molar-refractivity contribution in [3.63, 3.8) is 0 Å². The van der Waals surface area contributed by atoms with Crippen LogP contribution in [0.2, 0.25) is 0 Å². The van der Waals surface area contributed by atoms with E-state index in [2.05, 4.69) is 37.3 Å². The summed E-state index contributed by atoms with van der Waals surface area (Å²) in [5, 5.41) is 29.7. The molecule has 1 heterocycles. The molecule has 166 valence electrons. The van der Waals surface area contributed by atoms with Crippen LogP contribution >= 0.6 is 11.3 Å². The van der Waals surface area contributed by atoms with Crippen LogP contribution < -0.4 is 4.74 Å². The van der Waals surface area contributed by atoms with E-state index < -0.39 is 5.60 Å². The zero-order valence-electron chi connectivity index (χ0n) is 18.5. The lowest BCUT2D eigenvalue weighted by atomic mass is 9.86. The molecule has 0 fully saturated rings. The van der Waals surface area contributed by atoms with Crippen molar-refractivity contribution in [1.29, 1.82) is 0 Å². The van der Waals surface area contributed by atoms with Crippen molar-refractivity contribution in [3.05, 3.63) is 75.7 Å². The Bertz CT molecular complexity index is 1000. The van der Waals surface area contributed by atoms with Crippen molar-refractivity contribution in [1.82, 2.24) is 0 Å². The predicted molar refractivity (Wildman–Crippen MR) is 126 cm³/mol. The Labute approximate surface area is 188 Å². The lowest BCUT2D eigenvalue weighted by molar-refractivity contribution is 0.0283. The second kappa shape index (κ2) is 10.4. The molecule has 0 spiro atoms. The number of hydrogen-bond acceptors (Lipinski definition) is 5. The summed E-state index contributed by atoms with van der Waals surface area (Å²) in [6.07, 6.45) is 2.30. The first kappa shape index (κ1) is 23.5. The maximum absolute atomic E-state index is 10.9. The average molecular weight is 441 g/mol. The standard InChI is InChI=1S/C26H32O4S/c1-4-18-13-21(26(29,5-2)6-3)8-11-24(18)25-12-10-23(31-25)17-30-22-9-7-19(15-27)20(14-22)16-28/h7-14,27-29H,4-6,15-17H2,1-3H3. The van der Waals surface area contributed by atoms with Gasteiger partial charge in [-0.3, -0.25) is 0 Å². The number of benzene rings is 2. The van der Waals surface area contributed by atoms with E-state index in [0.717, 1.165) is 16.9 Å². The van der Waals surface area contributed by atoms with Gasteiger partial charge in [0.05, 0.1) is 18.8 Å². The van der Waals surface area contributed by atoms with Crippen molar-refractivity contribution in [2.75, 3.05) is 0 Å². The van der Waals surface area contributed by atoms with Crippen molar-refractivity contribution in [2.45, 2.75) is 65.5 Å². The van der Waals surface area contributed by atoms with Crippen LogP contribution in [0.4, 0.5) is 0 Å². The summed E-state index contributed by atoms with van der Waals surface area (Å²) >= 11 is 1.70. The lowest BCUT2D eigenvalue weighted by Crippen LogP contribution is -2.23. The van der Waals surface area contributed by atoms with Crippen LogP contribution in [-0.4, -0.2) is 15.3 Å². The Morgan fingerprint density at radius 2 is 1.58 bits per heavy atom. The van der Waals surface area contributed by atoms with Gasteiger partial charge in [-0.2, -0.15) is 0 Å². The normalized spacial score (nSPS) is 11.7. The van der Waals surface area contributed by atoms with Crippen LogP contribution in [0.25, 0.3) is 10.4 Å². The van der Waals surface area contributed by atoms with Gasteiger partial charge < -0.3 is 20.1 Å². The first-order valence-electron chi connectivity index (χ1n) is 10.9. The number of hydrogen-bond donors (Lipinski definition) is 3. The summed E-state index contributed by atoms with van der Waals surface area (Å²) in [6.45, 7) is 6.41. The molecule has 31 heavy (non-hydrogen) atoms. The first-order valence-corrected chi connectivity index (χ1v) is 11.7. The number of thiophene rings is 1. The van der Waals surface area contributed by atoms with E-state index >= 15 is 0 Å². The zero-order chi connectivity index (χ0) is 22.4. The van der Waals surface area contributed by atoms with Crippen LogP contribution in [0.15, 0.2) is 48.5 Å². The fourth-order valence-corrected chi connectivity index (χ4v) is 4.80. The molecule has 0 saturated carbocycles. The van der Waals surface area contributed by atoms with Gasteiger partial charge in [-0.25, -0.2) is 0 Å². The molecule has 4 nitrogen and oxygen atoms in total. The molecular formula is C26H32O4S. The third kappa shape index (κ3) is 5.18. The smallest absolute Gasteiger partial charge is 0.122 e. The van der Waals surface area contributed by atoms with E-state index in [1.807, 2.05) is 19.9 Å². The molecule has 3 aromatic rings. The molecule has 1 aromatic heterocycles. The Hall–Kier alpha value is -2.18. The Kier molecular flexibility index (Phi) is 7.89. The van der Waals surface area contributed by atoms with Crippen molar-refractivity contribution in [2.24, 2.45) is 0 Å². The monoisotopic (exact) mass is 440 g/mol. The van der Waals surface area contributed by atoms with Gasteiger partial charge in [0.2, 0.25) is 0 Å². The molecule has 0 unspecified atom stereocenters. The molecule has 3 N–H and O–H groups in total. The Morgan fingerprint density at radius 1 is 0.839 bits per heavy atom. The quantitative estimate of drug-likeness (QED) is 0.387. The maximum Gasteiger partial charge on any atom is 0.122 e. The van der Waals surface area contributed by atoms with Gasteiger partial charge in [0.1, 0.15) is 12.4 Å². The van der Waals surface area contributed by atoms with Gasteiger partial charge >= 0.3 is 0 Å². The molecule has 0 amide bonds. The molecule has 2 aromatic carbocycles. The molecule has 3 rings (SSSR count). The number of rotatable bonds is 10. The fourth-order valence-electron chi connectivity index (χ4n) is 3.82. The second-order valence-electron chi connectivity index (χ2n) is 7.77. The van der Waals surface area contributed by atoms with Crippen molar-refractivity contribution >= 4 is 11.3 Å². The summed E-state index contributed by atoms with van der Waals surface area (Å²) in [6, 6.07) is 15.9. The lowest BCUT2D eigenvalue weighted by Gasteiger charge is -2.27. The SMILES string of the molecule is CCc1cc(C(O)(CC)CC)ccc1-c1ccc(COc2ccc(CO)c(CO)c2)s1. The minimum atomic E-state index is -0.768. The summed E-state index contributed by atoms with van der Waals surface area (Å²) in [5.74, 6) is 0.674. The molecular weight excluding hydrogens is 408 g/mol. The highest BCUT2D eigenvalue weighted by Gasteiger charge is 2.25. The van der Waals surface area contributed by atoms with Crippen LogP contribution in [0, 0.1) is 0 Å². The molecule has 5 heteroatoms. The Morgan fingerprint density at radius 3 is 2.23 bits per heavy atom. The molecule has 0 bridgehead atoms. The van der Waals surface area contributed by atoms with Crippen molar-refractivity contribution < 1.29 is 20.1 Å². The van der Waals surface area contributed by atoms with Gasteiger partial charge in [-0.1, -0.05) is 45.0 Å². The van der Waals surface area contributed by atoms with E-state index in [4.69, 9.17) is 4.74 Å². The van der Waals surface area contributed by atoms with Crippen LogP contribution in [0.1, 0.15) is 60.7 Å². The number of aliphatic hydroxyl groups is 3.